The van der Waals surface area contributed by atoms with Gasteiger partial charge in [0.05, 0.1) is 24.1 Å². The Hall–Kier alpha value is -1.75. The van der Waals surface area contributed by atoms with Crippen molar-refractivity contribution in [1.82, 2.24) is 9.97 Å². The van der Waals surface area contributed by atoms with Crippen LogP contribution in [0.5, 0.6) is 5.75 Å². The van der Waals surface area contributed by atoms with E-state index in [4.69, 9.17) is 9.84 Å². The van der Waals surface area contributed by atoms with Gasteiger partial charge in [-0.15, -0.1) is 12.4 Å². The number of benzene rings is 1. The van der Waals surface area contributed by atoms with E-state index in [0.717, 1.165) is 27.9 Å². The fraction of sp³-hybridized carbons (Fsp3) is 0.429. The highest BCUT2D eigenvalue weighted by atomic mass is 35.5. The molecule has 1 heterocycles. The molecule has 0 aliphatic heterocycles. The van der Waals surface area contributed by atoms with Crippen molar-refractivity contribution in [2.75, 3.05) is 6.61 Å². The van der Waals surface area contributed by atoms with E-state index in [2.05, 4.69) is 9.97 Å². The molecule has 1 aromatic heterocycles. The maximum atomic E-state index is 10.6. The molecule has 0 fully saturated rings. The zero-order valence-electron chi connectivity index (χ0n) is 11.8. The number of rotatable bonds is 5. The summed E-state index contributed by atoms with van der Waals surface area (Å²) in [5.74, 6) is 0.753. The van der Waals surface area contributed by atoms with Crippen molar-refractivity contribution in [1.29, 1.82) is 0 Å². The Balaban J connectivity index is 0.00000200. The number of nitrogens with zero attached hydrogens (tertiary/aromatic N) is 1. The van der Waals surface area contributed by atoms with Crippen LogP contribution in [0.15, 0.2) is 6.07 Å². The smallest absolute Gasteiger partial charge is 0.303 e. The maximum absolute atomic E-state index is 10.6. The van der Waals surface area contributed by atoms with Crippen LogP contribution in [0.2, 0.25) is 0 Å². The number of hydrogen-bond acceptors (Lipinski definition) is 3. The number of carboxylic acid groups (broad SMARTS) is 1. The Kier molecular flexibility index (Phi) is 5.39. The van der Waals surface area contributed by atoms with Gasteiger partial charge < -0.3 is 14.8 Å². The van der Waals surface area contributed by atoms with Crippen LogP contribution in [-0.2, 0) is 11.2 Å². The third-order valence-corrected chi connectivity index (χ3v) is 3.06. The molecule has 0 radical (unpaired) electrons. The van der Waals surface area contributed by atoms with E-state index in [1.54, 1.807) is 0 Å². The Morgan fingerprint density at radius 1 is 1.45 bits per heavy atom. The monoisotopic (exact) mass is 298 g/mol. The summed E-state index contributed by atoms with van der Waals surface area (Å²) in [7, 11) is 0. The Labute approximate surface area is 123 Å². The second-order valence-electron chi connectivity index (χ2n) is 4.55. The summed E-state index contributed by atoms with van der Waals surface area (Å²) < 4.78 is 5.63. The third kappa shape index (κ3) is 3.22. The number of carbonyl (C=O) groups is 1. The number of fused-ring (bicyclic) bond motifs is 1. The van der Waals surface area contributed by atoms with Crippen LogP contribution in [-0.4, -0.2) is 27.7 Å². The molecular formula is C14H19ClN2O3. The summed E-state index contributed by atoms with van der Waals surface area (Å²) in [6, 6.07) is 1.99. The molecule has 0 aliphatic rings. The van der Waals surface area contributed by atoms with Crippen molar-refractivity contribution in [3.05, 3.63) is 23.0 Å². The minimum absolute atomic E-state index is 0. The van der Waals surface area contributed by atoms with E-state index in [0.29, 0.717) is 18.9 Å². The lowest BCUT2D eigenvalue weighted by molar-refractivity contribution is -0.137. The first-order chi connectivity index (χ1) is 9.02. The molecule has 1 aromatic carbocycles. The largest absolute Gasteiger partial charge is 0.493 e. The first-order valence-electron chi connectivity index (χ1n) is 6.36. The second kappa shape index (κ2) is 6.61. The quantitative estimate of drug-likeness (QED) is 0.889. The fourth-order valence-corrected chi connectivity index (χ4v) is 2.22. The average Bonchev–Trinajstić information content (AvgIpc) is 2.75. The van der Waals surface area contributed by atoms with Crippen molar-refractivity contribution >= 4 is 29.4 Å². The molecule has 0 unspecified atom stereocenters. The van der Waals surface area contributed by atoms with Gasteiger partial charge in [0.1, 0.15) is 11.6 Å². The molecule has 0 spiro atoms. The molecule has 2 aromatic rings. The van der Waals surface area contributed by atoms with Crippen molar-refractivity contribution in [3.8, 4) is 5.75 Å². The zero-order chi connectivity index (χ0) is 14.0. The summed E-state index contributed by atoms with van der Waals surface area (Å²) in [4.78, 5) is 18.2. The van der Waals surface area contributed by atoms with Gasteiger partial charge >= 0.3 is 5.97 Å². The first-order valence-corrected chi connectivity index (χ1v) is 6.36. The van der Waals surface area contributed by atoms with Crippen LogP contribution in [0, 0.1) is 13.8 Å². The van der Waals surface area contributed by atoms with Gasteiger partial charge in [0.15, 0.2) is 0 Å². The van der Waals surface area contributed by atoms with E-state index >= 15 is 0 Å². The Bertz CT molecular complexity index is 622. The molecule has 0 amide bonds. The number of nitrogens with one attached hydrogen (secondary N) is 1. The molecule has 0 bridgehead atoms. The summed E-state index contributed by atoms with van der Waals surface area (Å²) in [5.41, 5.74) is 3.84. The SMILES string of the molecule is CCOc1c(C)cc2[nH]c(CCC(=O)O)nc2c1C.Cl. The number of imidazole rings is 1. The molecule has 110 valence electrons. The number of aryl methyl sites for hydroxylation is 3. The maximum Gasteiger partial charge on any atom is 0.303 e. The number of aromatic nitrogens is 2. The molecule has 2 rings (SSSR count). The number of H-pyrrole nitrogens is 1. The highest BCUT2D eigenvalue weighted by Gasteiger charge is 2.13. The van der Waals surface area contributed by atoms with Crippen LogP contribution in [0.25, 0.3) is 11.0 Å². The average molecular weight is 299 g/mol. The number of halogens is 1. The predicted molar refractivity (Wildman–Crippen MR) is 79.9 cm³/mol. The fourth-order valence-electron chi connectivity index (χ4n) is 2.22. The number of aliphatic carboxylic acids is 1. The molecule has 2 N–H and O–H groups in total. The number of carboxylic acids is 1. The third-order valence-electron chi connectivity index (χ3n) is 3.06. The molecule has 0 aliphatic carbocycles. The number of ether oxygens (including phenoxy) is 1. The van der Waals surface area contributed by atoms with Crippen LogP contribution in [0.4, 0.5) is 0 Å². The topological polar surface area (TPSA) is 75.2 Å². The molecule has 0 saturated heterocycles. The lowest BCUT2D eigenvalue weighted by atomic mass is 10.1. The van der Waals surface area contributed by atoms with Crippen molar-refractivity contribution in [3.63, 3.8) is 0 Å². The van der Waals surface area contributed by atoms with Crippen molar-refractivity contribution < 1.29 is 14.6 Å². The summed E-state index contributed by atoms with van der Waals surface area (Å²) in [6.45, 7) is 6.53. The van der Waals surface area contributed by atoms with Crippen molar-refractivity contribution in [2.24, 2.45) is 0 Å². The molecule has 5 nitrogen and oxygen atoms in total. The van der Waals surface area contributed by atoms with E-state index < -0.39 is 5.97 Å². The lowest BCUT2D eigenvalue weighted by Crippen LogP contribution is -1.98. The van der Waals surface area contributed by atoms with Gasteiger partial charge in [-0.3, -0.25) is 4.79 Å². The Morgan fingerprint density at radius 2 is 2.15 bits per heavy atom. The summed E-state index contributed by atoms with van der Waals surface area (Å²) >= 11 is 0. The van der Waals surface area contributed by atoms with E-state index in [-0.39, 0.29) is 18.8 Å². The number of aromatic amines is 1. The summed E-state index contributed by atoms with van der Waals surface area (Å²) in [5, 5.41) is 8.70. The standard InChI is InChI=1S/C14H18N2O3.ClH/c1-4-19-14-8(2)7-10-13(9(14)3)16-11(15-10)5-6-12(17)18;/h7H,4-6H2,1-3H3,(H,15,16)(H,17,18);1H. The second-order valence-corrected chi connectivity index (χ2v) is 4.55. The van der Waals surface area contributed by atoms with Gasteiger partial charge in [-0.05, 0) is 32.4 Å². The highest BCUT2D eigenvalue weighted by molar-refractivity contribution is 5.85. The van der Waals surface area contributed by atoms with E-state index in [9.17, 15) is 4.79 Å². The zero-order valence-corrected chi connectivity index (χ0v) is 12.6. The van der Waals surface area contributed by atoms with Gasteiger partial charge in [-0.25, -0.2) is 4.98 Å². The van der Waals surface area contributed by atoms with Crippen LogP contribution < -0.4 is 4.74 Å². The Morgan fingerprint density at radius 3 is 2.75 bits per heavy atom. The molecule has 6 heteroatoms. The van der Waals surface area contributed by atoms with E-state index in [1.165, 1.54) is 0 Å². The molecule has 0 atom stereocenters. The normalized spacial score (nSPS) is 10.3. The van der Waals surface area contributed by atoms with Crippen LogP contribution >= 0.6 is 12.4 Å². The number of hydrogen-bond donors (Lipinski definition) is 2. The predicted octanol–water partition coefficient (Wildman–Crippen LogP) is 3.02. The van der Waals surface area contributed by atoms with E-state index in [1.807, 2.05) is 26.8 Å². The van der Waals surface area contributed by atoms with Crippen LogP contribution in [0.3, 0.4) is 0 Å². The minimum Gasteiger partial charge on any atom is -0.493 e. The highest BCUT2D eigenvalue weighted by Crippen LogP contribution is 2.30. The van der Waals surface area contributed by atoms with Gasteiger partial charge in [0.25, 0.3) is 0 Å². The van der Waals surface area contributed by atoms with Gasteiger partial charge in [0, 0.05) is 12.0 Å². The molecular weight excluding hydrogens is 280 g/mol. The first kappa shape index (κ1) is 16.3. The molecule has 20 heavy (non-hydrogen) atoms. The van der Waals surface area contributed by atoms with Gasteiger partial charge in [0.2, 0.25) is 0 Å². The van der Waals surface area contributed by atoms with Gasteiger partial charge in [-0.2, -0.15) is 0 Å². The minimum atomic E-state index is -0.816. The van der Waals surface area contributed by atoms with Crippen molar-refractivity contribution in [2.45, 2.75) is 33.6 Å². The summed E-state index contributed by atoms with van der Waals surface area (Å²) in [6.07, 6.45) is 0.489. The van der Waals surface area contributed by atoms with Gasteiger partial charge in [-0.1, -0.05) is 0 Å². The lowest BCUT2D eigenvalue weighted by Gasteiger charge is -2.10. The van der Waals surface area contributed by atoms with Crippen LogP contribution in [0.1, 0.15) is 30.3 Å². The molecule has 0 saturated carbocycles.